The minimum Gasteiger partial charge on any atom is -0.370 e. The first kappa shape index (κ1) is 14.9. The van der Waals surface area contributed by atoms with E-state index in [1.54, 1.807) is 19.1 Å². The van der Waals surface area contributed by atoms with Gasteiger partial charge >= 0.3 is 0 Å². The Hall–Kier alpha value is -2.13. The number of nitrogens with zero attached hydrogens (tertiary/aromatic N) is 2. The van der Waals surface area contributed by atoms with Crippen molar-refractivity contribution >= 4 is 27.6 Å². The highest BCUT2D eigenvalue weighted by Gasteiger charge is 2.16. The summed E-state index contributed by atoms with van der Waals surface area (Å²) in [6.07, 6.45) is 0. The van der Waals surface area contributed by atoms with Gasteiger partial charge in [-0.05, 0) is 12.1 Å². The summed E-state index contributed by atoms with van der Waals surface area (Å²) in [7, 11) is -3.64. The summed E-state index contributed by atoms with van der Waals surface area (Å²) in [5, 5.41) is 0. The van der Waals surface area contributed by atoms with E-state index in [1.807, 2.05) is 0 Å². The molecule has 0 bridgehead atoms. The van der Waals surface area contributed by atoms with Gasteiger partial charge in [-0.25, -0.2) is 18.1 Å². The van der Waals surface area contributed by atoms with Crippen LogP contribution in [-0.2, 0) is 10.0 Å². The second-order valence-corrected chi connectivity index (χ2v) is 5.21. The first-order valence-corrected chi connectivity index (χ1v) is 6.87. The molecule has 0 saturated carbocycles. The number of hydrogen-bond donors (Lipinski definition) is 4. The summed E-state index contributed by atoms with van der Waals surface area (Å²) >= 11 is 0. The van der Waals surface area contributed by atoms with Gasteiger partial charge in [-0.2, -0.15) is 4.99 Å². The first-order valence-electron chi connectivity index (χ1n) is 5.39. The molecule has 104 valence electrons. The van der Waals surface area contributed by atoms with Crippen molar-refractivity contribution in [2.45, 2.75) is 11.8 Å². The van der Waals surface area contributed by atoms with Crippen molar-refractivity contribution in [2.24, 2.45) is 27.2 Å². The number of nitrogens with two attached hydrogens (primary N) is 3. The van der Waals surface area contributed by atoms with E-state index in [-0.39, 0.29) is 29.0 Å². The number of hydrogen-bond acceptors (Lipinski definition) is 3. The monoisotopic (exact) mass is 284 g/mol. The van der Waals surface area contributed by atoms with Crippen LogP contribution in [0.1, 0.15) is 6.92 Å². The Kier molecular flexibility index (Phi) is 4.84. The van der Waals surface area contributed by atoms with Crippen LogP contribution in [0.2, 0.25) is 0 Å². The lowest BCUT2D eigenvalue weighted by Gasteiger charge is -2.07. The van der Waals surface area contributed by atoms with E-state index in [2.05, 4.69) is 14.7 Å². The summed E-state index contributed by atoms with van der Waals surface area (Å²) in [5.41, 5.74) is 15.9. The van der Waals surface area contributed by atoms with Crippen LogP contribution < -0.4 is 21.9 Å². The molecule has 8 nitrogen and oxygen atoms in total. The van der Waals surface area contributed by atoms with Crippen LogP contribution >= 0.6 is 0 Å². The van der Waals surface area contributed by atoms with Crippen LogP contribution in [-0.4, -0.2) is 26.9 Å². The van der Waals surface area contributed by atoms with Gasteiger partial charge in [0, 0.05) is 6.54 Å². The number of benzene rings is 1. The van der Waals surface area contributed by atoms with Crippen molar-refractivity contribution in [3.8, 4) is 0 Å². The van der Waals surface area contributed by atoms with E-state index in [9.17, 15) is 8.42 Å². The van der Waals surface area contributed by atoms with Crippen molar-refractivity contribution < 1.29 is 8.42 Å². The third kappa shape index (κ3) is 4.23. The van der Waals surface area contributed by atoms with Crippen LogP contribution in [0.5, 0.6) is 0 Å². The molecule has 0 radical (unpaired) electrons. The van der Waals surface area contributed by atoms with Crippen molar-refractivity contribution in [1.29, 1.82) is 0 Å². The average Bonchev–Trinajstić information content (AvgIpc) is 2.28. The number of sulfonamides is 1. The molecule has 0 atom stereocenters. The summed E-state index contributed by atoms with van der Waals surface area (Å²) in [4.78, 5) is 7.41. The van der Waals surface area contributed by atoms with E-state index >= 15 is 0 Å². The van der Waals surface area contributed by atoms with Crippen molar-refractivity contribution in [1.82, 2.24) is 4.72 Å². The predicted octanol–water partition coefficient (Wildman–Crippen LogP) is -0.796. The topological polar surface area (TPSA) is 149 Å². The molecule has 0 unspecified atom stereocenters. The van der Waals surface area contributed by atoms with Crippen molar-refractivity contribution in [2.75, 3.05) is 6.54 Å². The second-order valence-electron chi connectivity index (χ2n) is 3.48. The highest BCUT2D eigenvalue weighted by atomic mass is 32.2. The molecule has 1 rings (SSSR count). The summed E-state index contributed by atoms with van der Waals surface area (Å²) < 4.78 is 26.3. The Morgan fingerprint density at radius 1 is 1.26 bits per heavy atom. The Labute approximate surface area is 111 Å². The Morgan fingerprint density at radius 3 is 2.47 bits per heavy atom. The van der Waals surface area contributed by atoms with Gasteiger partial charge in [-0.15, -0.1) is 0 Å². The fraction of sp³-hybridized carbons (Fsp3) is 0.200. The zero-order valence-corrected chi connectivity index (χ0v) is 11.2. The molecule has 7 N–H and O–H groups in total. The molecule has 0 saturated heterocycles. The highest BCUT2D eigenvalue weighted by molar-refractivity contribution is 7.89. The maximum absolute atomic E-state index is 12.0. The van der Waals surface area contributed by atoms with Crippen molar-refractivity contribution in [3.05, 3.63) is 24.3 Å². The van der Waals surface area contributed by atoms with Gasteiger partial charge in [0.05, 0.1) is 5.69 Å². The standard InChI is InChI=1S/C10H16N6O2S/c1-2-14-19(17,18)8-6-4-3-5-7(8)15-10(13)16-9(11)12/h3-6,14H,2H2,1H3,(H6,11,12,13,15,16). The van der Waals surface area contributed by atoms with Gasteiger partial charge in [0.25, 0.3) is 0 Å². The van der Waals surface area contributed by atoms with Crippen LogP contribution in [0, 0.1) is 0 Å². The van der Waals surface area contributed by atoms with Gasteiger partial charge < -0.3 is 17.2 Å². The molecule has 0 aromatic heterocycles. The predicted molar refractivity (Wildman–Crippen MR) is 74.4 cm³/mol. The SMILES string of the molecule is CCNS(=O)(=O)c1ccccc1N=C(N)N=C(N)N. The highest BCUT2D eigenvalue weighted by Crippen LogP contribution is 2.23. The molecule has 0 aliphatic rings. The number of aliphatic imine (C=N–C) groups is 2. The van der Waals surface area contributed by atoms with Crippen LogP contribution in [0.4, 0.5) is 5.69 Å². The molecule has 9 heteroatoms. The van der Waals surface area contributed by atoms with Crippen LogP contribution in [0.25, 0.3) is 0 Å². The van der Waals surface area contributed by atoms with E-state index < -0.39 is 10.0 Å². The molecule has 19 heavy (non-hydrogen) atoms. The maximum Gasteiger partial charge on any atom is 0.242 e. The molecule has 0 aliphatic carbocycles. The molecule has 0 heterocycles. The van der Waals surface area contributed by atoms with Crippen molar-refractivity contribution in [3.63, 3.8) is 0 Å². The fourth-order valence-corrected chi connectivity index (χ4v) is 2.51. The molecular formula is C10H16N6O2S. The molecule has 1 aromatic rings. The molecule has 0 aliphatic heterocycles. The van der Waals surface area contributed by atoms with Gasteiger partial charge in [0.1, 0.15) is 4.90 Å². The van der Waals surface area contributed by atoms with Gasteiger partial charge in [0.15, 0.2) is 5.96 Å². The van der Waals surface area contributed by atoms with E-state index in [1.165, 1.54) is 12.1 Å². The normalized spacial score (nSPS) is 12.2. The minimum absolute atomic E-state index is 0.00518. The molecule has 1 aromatic carbocycles. The van der Waals surface area contributed by atoms with Gasteiger partial charge in [-0.1, -0.05) is 19.1 Å². The van der Waals surface area contributed by atoms with Crippen LogP contribution in [0.15, 0.2) is 39.1 Å². The third-order valence-corrected chi connectivity index (χ3v) is 3.56. The van der Waals surface area contributed by atoms with Gasteiger partial charge in [-0.3, -0.25) is 0 Å². The lowest BCUT2D eigenvalue weighted by atomic mass is 10.3. The Balaban J connectivity index is 3.28. The largest absolute Gasteiger partial charge is 0.370 e. The Bertz CT molecular complexity index is 604. The zero-order valence-electron chi connectivity index (χ0n) is 10.4. The summed E-state index contributed by atoms with van der Waals surface area (Å²) in [6.45, 7) is 1.95. The van der Waals surface area contributed by atoms with E-state index in [0.29, 0.717) is 0 Å². The Morgan fingerprint density at radius 2 is 1.89 bits per heavy atom. The lowest BCUT2D eigenvalue weighted by molar-refractivity contribution is 0.584. The number of guanidine groups is 2. The summed E-state index contributed by atoms with van der Waals surface area (Å²) in [5.74, 6) is -0.479. The molecule has 0 amide bonds. The fourth-order valence-electron chi connectivity index (χ4n) is 1.33. The molecular weight excluding hydrogens is 268 g/mol. The smallest absolute Gasteiger partial charge is 0.242 e. The van der Waals surface area contributed by atoms with E-state index in [4.69, 9.17) is 17.2 Å². The summed E-state index contributed by atoms with van der Waals surface area (Å²) in [6, 6.07) is 6.13. The lowest BCUT2D eigenvalue weighted by Crippen LogP contribution is -2.26. The van der Waals surface area contributed by atoms with Crippen LogP contribution in [0.3, 0.4) is 0 Å². The first-order chi connectivity index (χ1) is 8.86. The zero-order chi connectivity index (χ0) is 14.5. The number of nitrogens with one attached hydrogen (secondary N) is 1. The molecule has 0 fully saturated rings. The quantitative estimate of drug-likeness (QED) is 0.422. The average molecular weight is 284 g/mol. The van der Waals surface area contributed by atoms with Gasteiger partial charge in [0.2, 0.25) is 16.0 Å². The van der Waals surface area contributed by atoms with E-state index in [0.717, 1.165) is 0 Å². The number of para-hydroxylation sites is 1. The number of rotatable bonds is 4. The second kappa shape index (κ2) is 6.16. The maximum atomic E-state index is 12.0. The third-order valence-electron chi connectivity index (χ3n) is 1.97. The minimum atomic E-state index is -3.64. The molecule has 0 spiro atoms.